The number of H-pyrrole nitrogens is 1. The fourth-order valence-electron chi connectivity index (χ4n) is 2.10. The summed E-state index contributed by atoms with van der Waals surface area (Å²) in [5, 5.41) is 8.63. The molecule has 1 aromatic heterocycles. The largest absolute Gasteiger partial charge is 0.326 e. The molecule has 0 aromatic carbocycles. The molecule has 1 aliphatic rings. The molecule has 0 aliphatic carbocycles. The van der Waals surface area contributed by atoms with Crippen molar-refractivity contribution in [3.05, 3.63) is 33.2 Å². The summed E-state index contributed by atoms with van der Waals surface area (Å²) in [7, 11) is 0. The maximum atomic E-state index is 11.6. The molecule has 16 heavy (non-hydrogen) atoms. The summed E-state index contributed by atoms with van der Waals surface area (Å²) in [6.45, 7) is 5.02. The Morgan fingerprint density at radius 1 is 1.62 bits per heavy atom. The first-order valence-corrected chi connectivity index (χ1v) is 5.58. The Morgan fingerprint density at radius 3 is 3.12 bits per heavy atom. The first-order chi connectivity index (χ1) is 7.74. The zero-order valence-corrected chi connectivity index (χ0v) is 9.42. The minimum absolute atomic E-state index is 0.106. The van der Waals surface area contributed by atoms with Gasteiger partial charge in [0.1, 0.15) is 0 Å². The van der Waals surface area contributed by atoms with Gasteiger partial charge in [0.25, 0.3) is 5.56 Å². The molecule has 0 amide bonds. The third kappa shape index (κ3) is 2.00. The third-order valence-corrected chi connectivity index (χ3v) is 3.08. The van der Waals surface area contributed by atoms with Gasteiger partial charge >= 0.3 is 0 Å². The van der Waals surface area contributed by atoms with Crippen LogP contribution in [0.25, 0.3) is 0 Å². The Balaban J connectivity index is 2.36. The van der Waals surface area contributed by atoms with Crippen molar-refractivity contribution in [1.29, 1.82) is 5.26 Å². The van der Waals surface area contributed by atoms with Crippen molar-refractivity contribution in [1.82, 2.24) is 9.88 Å². The zero-order chi connectivity index (χ0) is 11.5. The lowest BCUT2D eigenvalue weighted by atomic mass is 10.0. The van der Waals surface area contributed by atoms with Crippen LogP contribution < -0.4 is 5.56 Å². The highest BCUT2D eigenvalue weighted by molar-refractivity contribution is 5.28. The molecular formula is C12H15N3O. The number of likely N-dealkylation sites (N-methyl/N-ethyl adjacent to an activating group) is 1. The minimum Gasteiger partial charge on any atom is -0.326 e. The van der Waals surface area contributed by atoms with Gasteiger partial charge in [-0.2, -0.15) is 5.26 Å². The number of nitriles is 1. The molecule has 4 nitrogen and oxygen atoms in total. The van der Waals surface area contributed by atoms with Gasteiger partial charge in [-0.05, 0) is 18.2 Å². The van der Waals surface area contributed by atoms with Gasteiger partial charge in [0.05, 0.1) is 12.5 Å². The van der Waals surface area contributed by atoms with Crippen molar-refractivity contribution < 1.29 is 0 Å². The normalized spacial score (nSPS) is 15.5. The first kappa shape index (κ1) is 10.9. The Kier molecular flexibility index (Phi) is 3.07. The highest BCUT2D eigenvalue weighted by Gasteiger charge is 2.16. The second kappa shape index (κ2) is 4.50. The molecule has 0 bridgehead atoms. The lowest BCUT2D eigenvalue weighted by Gasteiger charge is -2.27. The van der Waals surface area contributed by atoms with E-state index < -0.39 is 0 Å². The predicted molar refractivity (Wildman–Crippen MR) is 61.0 cm³/mol. The number of nitrogens with one attached hydrogen (secondary N) is 1. The van der Waals surface area contributed by atoms with Crippen molar-refractivity contribution in [2.45, 2.75) is 26.3 Å². The van der Waals surface area contributed by atoms with E-state index in [0.717, 1.165) is 37.3 Å². The molecule has 1 aromatic rings. The summed E-state index contributed by atoms with van der Waals surface area (Å²) >= 11 is 0. The minimum atomic E-state index is -0.106. The van der Waals surface area contributed by atoms with Crippen molar-refractivity contribution in [3.63, 3.8) is 0 Å². The van der Waals surface area contributed by atoms with Crippen LogP contribution >= 0.6 is 0 Å². The molecule has 0 unspecified atom stereocenters. The molecule has 84 valence electrons. The first-order valence-electron chi connectivity index (χ1n) is 5.58. The SMILES string of the molecule is CCN1CCc2[nH]c(=O)c(CC#N)cc2C1. The van der Waals surface area contributed by atoms with Crippen molar-refractivity contribution in [2.75, 3.05) is 13.1 Å². The number of aromatic amines is 1. The lowest BCUT2D eigenvalue weighted by Crippen LogP contribution is -2.32. The molecule has 0 radical (unpaired) electrons. The van der Waals surface area contributed by atoms with Crippen LogP contribution in [0.4, 0.5) is 0 Å². The zero-order valence-electron chi connectivity index (χ0n) is 9.42. The van der Waals surface area contributed by atoms with E-state index in [9.17, 15) is 4.79 Å². The van der Waals surface area contributed by atoms with E-state index in [4.69, 9.17) is 5.26 Å². The number of nitrogens with zero attached hydrogens (tertiary/aromatic N) is 2. The van der Waals surface area contributed by atoms with E-state index in [1.165, 1.54) is 0 Å². The maximum Gasteiger partial charge on any atom is 0.252 e. The van der Waals surface area contributed by atoms with Crippen LogP contribution in [0.3, 0.4) is 0 Å². The molecule has 0 saturated heterocycles. The van der Waals surface area contributed by atoms with Gasteiger partial charge in [-0.3, -0.25) is 9.69 Å². The Labute approximate surface area is 94.5 Å². The summed E-state index contributed by atoms with van der Waals surface area (Å²) < 4.78 is 0. The summed E-state index contributed by atoms with van der Waals surface area (Å²) in [5.41, 5.74) is 2.68. The average Bonchev–Trinajstić information content (AvgIpc) is 2.30. The molecule has 2 rings (SSSR count). The van der Waals surface area contributed by atoms with Crippen LogP contribution in [0.15, 0.2) is 10.9 Å². The van der Waals surface area contributed by atoms with Crippen LogP contribution in [0.1, 0.15) is 23.7 Å². The summed E-state index contributed by atoms with van der Waals surface area (Å²) in [6, 6.07) is 3.91. The Bertz CT molecular complexity index is 484. The molecule has 1 aliphatic heterocycles. The second-order valence-corrected chi connectivity index (χ2v) is 4.08. The van der Waals surface area contributed by atoms with Gasteiger partial charge < -0.3 is 4.98 Å². The monoisotopic (exact) mass is 217 g/mol. The van der Waals surface area contributed by atoms with Crippen LogP contribution in [-0.4, -0.2) is 23.0 Å². The molecule has 1 N–H and O–H groups in total. The molecular weight excluding hydrogens is 202 g/mol. The van der Waals surface area contributed by atoms with E-state index in [0.29, 0.717) is 5.56 Å². The number of fused-ring (bicyclic) bond motifs is 1. The standard InChI is InChI=1S/C12H15N3O/c1-2-15-6-4-11-10(8-15)7-9(3-5-13)12(16)14-11/h7H,2-4,6,8H2,1H3,(H,14,16). The van der Waals surface area contributed by atoms with Gasteiger partial charge in [0, 0.05) is 30.8 Å². The van der Waals surface area contributed by atoms with Gasteiger partial charge in [-0.25, -0.2) is 0 Å². The average molecular weight is 217 g/mol. The summed E-state index contributed by atoms with van der Waals surface area (Å²) in [6.07, 6.45) is 1.08. The fourth-order valence-corrected chi connectivity index (χ4v) is 2.10. The van der Waals surface area contributed by atoms with Crippen molar-refractivity contribution in [3.8, 4) is 6.07 Å². The second-order valence-electron chi connectivity index (χ2n) is 4.08. The maximum absolute atomic E-state index is 11.6. The molecule has 0 atom stereocenters. The molecule has 4 heteroatoms. The quantitative estimate of drug-likeness (QED) is 0.797. The van der Waals surface area contributed by atoms with Gasteiger partial charge in [-0.15, -0.1) is 0 Å². The van der Waals surface area contributed by atoms with Crippen LogP contribution in [0.5, 0.6) is 0 Å². The van der Waals surface area contributed by atoms with E-state index in [2.05, 4.69) is 16.8 Å². The van der Waals surface area contributed by atoms with Gasteiger partial charge in [0.15, 0.2) is 0 Å². The Morgan fingerprint density at radius 2 is 2.44 bits per heavy atom. The van der Waals surface area contributed by atoms with E-state index >= 15 is 0 Å². The van der Waals surface area contributed by atoms with E-state index in [-0.39, 0.29) is 12.0 Å². The van der Waals surface area contributed by atoms with Crippen molar-refractivity contribution in [2.24, 2.45) is 0 Å². The van der Waals surface area contributed by atoms with E-state index in [1.807, 2.05) is 12.1 Å². The number of rotatable bonds is 2. The number of hydrogen-bond donors (Lipinski definition) is 1. The summed E-state index contributed by atoms with van der Waals surface area (Å²) in [4.78, 5) is 16.8. The van der Waals surface area contributed by atoms with Crippen LogP contribution in [0.2, 0.25) is 0 Å². The smallest absolute Gasteiger partial charge is 0.252 e. The third-order valence-electron chi connectivity index (χ3n) is 3.08. The van der Waals surface area contributed by atoms with Crippen LogP contribution in [-0.2, 0) is 19.4 Å². The fraction of sp³-hybridized carbons (Fsp3) is 0.500. The molecule has 2 heterocycles. The molecule has 0 fully saturated rings. The Hall–Kier alpha value is -1.60. The van der Waals surface area contributed by atoms with Crippen molar-refractivity contribution >= 4 is 0 Å². The molecule has 0 spiro atoms. The lowest BCUT2D eigenvalue weighted by molar-refractivity contribution is 0.265. The molecule has 0 saturated carbocycles. The predicted octanol–water partition coefficient (Wildman–Crippen LogP) is 0.819. The topological polar surface area (TPSA) is 59.9 Å². The number of aromatic nitrogens is 1. The van der Waals surface area contributed by atoms with Gasteiger partial charge in [-0.1, -0.05) is 6.92 Å². The van der Waals surface area contributed by atoms with Gasteiger partial charge in [0.2, 0.25) is 0 Å². The van der Waals surface area contributed by atoms with Crippen LogP contribution in [0, 0.1) is 11.3 Å². The highest BCUT2D eigenvalue weighted by Crippen LogP contribution is 2.16. The van der Waals surface area contributed by atoms with E-state index in [1.54, 1.807) is 0 Å². The summed E-state index contributed by atoms with van der Waals surface area (Å²) in [5.74, 6) is 0. The number of pyridine rings is 1. The number of hydrogen-bond acceptors (Lipinski definition) is 3. The highest BCUT2D eigenvalue weighted by atomic mass is 16.1.